The van der Waals surface area contributed by atoms with Crippen molar-refractivity contribution in [2.24, 2.45) is 17.4 Å². The lowest BCUT2D eigenvalue weighted by Crippen LogP contribution is -2.62. The van der Waals surface area contributed by atoms with Gasteiger partial charge in [0.05, 0.1) is 55.3 Å². The molecule has 1 aliphatic heterocycles. The smallest absolute Gasteiger partial charge is 0.245 e. The molecular formula is C63H84N10O23. The van der Waals surface area contributed by atoms with Crippen molar-refractivity contribution in [2.45, 2.75) is 171 Å². The predicted octanol–water partition coefficient (Wildman–Crippen LogP) is -4.42. The van der Waals surface area contributed by atoms with Crippen molar-refractivity contribution < 1.29 is 113 Å². The van der Waals surface area contributed by atoms with E-state index in [0.717, 1.165) is 0 Å². The van der Waals surface area contributed by atoms with Crippen LogP contribution in [-0.4, -0.2) is 217 Å². The number of nitrogens with one attached hydrogen (secondary N) is 8. The summed E-state index contributed by atoms with van der Waals surface area (Å²) in [6, 6.07) is -2.90. The number of Topliss-reactive ketones (excluding diaryl/α,β-unsaturated/α-hetero) is 1. The van der Waals surface area contributed by atoms with E-state index in [4.69, 9.17) is 25.7 Å². The summed E-state index contributed by atoms with van der Waals surface area (Å²) in [6.07, 6.45) is -8.96. The highest BCUT2D eigenvalue weighted by Gasteiger charge is 2.51. The molecule has 96 heavy (non-hydrogen) atoms. The molecule has 33 heteroatoms. The second-order valence-electron chi connectivity index (χ2n) is 24.2. The molecule has 6 rings (SSSR count). The van der Waals surface area contributed by atoms with Crippen molar-refractivity contribution >= 4 is 70.5 Å². The number of phenols is 3. The normalized spacial score (nSPS) is 20.9. The molecule has 13 atom stereocenters. The van der Waals surface area contributed by atoms with Crippen LogP contribution in [0.15, 0.2) is 42.5 Å². The predicted molar refractivity (Wildman–Crippen MR) is 333 cm³/mol. The van der Waals surface area contributed by atoms with Crippen LogP contribution in [0, 0.1) is 5.92 Å². The summed E-state index contributed by atoms with van der Waals surface area (Å²) >= 11 is 0. The van der Waals surface area contributed by atoms with Gasteiger partial charge in [0.25, 0.3) is 0 Å². The molecule has 9 amide bonds. The molecule has 0 unspecified atom stereocenters. The number of aromatic hydroxyl groups is 3. The van der Waals surface area contributed by atoms with Crippen LogP contribution >= 0.6 is 0 Å². The molecule has 3 aromatic carbocycles. The van der Waals surface area contributed by atoms with E-state index in [-0.39, 0.29) is 65.5 Å². The largest absolute Gasteiger partial charge is 0.508 e. The molecule has 3 aromatic rings. The number of methoxy groups -OCH3 is 1. The first-order valence-corrected chi connectivity index (χ1v) is 30.9. The number of carbonyl (C=O) groups is 12. The number of primary amides is 1. The van der Waals surface area contributed by atoms with E-state index in [1.807, 2.05) is 0 Å². The minimum absolute atomic E-state index is 0.0297. The monoisotopic (exact) mass is 1350 g/mol. The fourth-order valence-electron chi connectivity index (χ4n) is 11.5. The van der Waals surface area contributed by atoms with Gasteiger partial charge in [-0.3, -0.25) is 57.5 Å². The number of amides is 9. The van der Waals surface area contributed by atoms with Crippen molar-refractivity contribution in [3.8, 4) is 23.0 Å². The van der Waals surface area contributed by atoms with Crippen molar-refractivity contribution in [3.05, 3.63) is 81.4 Å². The first-order valence-electron chi connectivity index (χ1n) is 30.9. The maximum absolute atomic E-state index is 14.4. The molecule has 0 aromatic heterocycles. The van der Waals surface area contributed by atoms with E-state index in [9.17, 15) is 98.4 Å². The highest BCUT2D eigenvalue weighted by atomic mass is 16.7. The summed E-state index contributed by atoms with van der Waals surface area (Å²) in [6.45, 7) is 4.01. The minimum atomic E-state index is -2.52. The number of nitrogens with two attached hydrogens (primary N) is 2. The SMILES string of the molecule is COc1cccc2c1C(=O)c1c(O)c3c(c(O)c1C2=O)C[C@@](O)(C(=O)CO)C[C@@H]3O[C@H]1C[C@H](NC(=O)[C@H](CC(C)C)NC(=O)[C@H](CO)NC(=O)[C@H](CCC(N)=O)NC(=O)[C@H](Cc2ccc(O)cc2)NC(=O)[C@H](CO)NC(=O)[C@H](C)NC(=O)[C@H](CCCN)NC(C)=O)[C@H](O)[C@H](C)O1. The third-order valence-corrected chi connectivity index (χ3v) is 16.5. The number of hydrogen-bond acceptors (Lipinski definition) is 24. The average Bonchev–Trinajstić information content (AvgIpc) is 0.712. The van der Waals surface area contributed by atoms with Gasteiger partial charge in [0.1, 0.15) is 83.6 Å². The second kappa shape index (κ2) is 33.4. The molecule has 20 N–H and O–H groups in total. The topological polar surface area (TPSA) is 543 Å². The maximum Gasteiger partial charge on any atom is 0.245 e. The van der Waals surface area contributed by atoms with E-state index in [2.05, 4.69) is 42.5 Å². The van der Waals surface area contributed by atoms with Gasteiger partial charge in [-0.05, 0) is 75.8 Å². The number of ketones is 3. The number of rotatable bonds is 32. The highest BCUT2D eigenvalue weighted by molar-refractivity contribution is 6.31. The molecule has 524 valence electrons. The van der Waals surface area contributed by atoms with Gasteiger partial charge in [-0.1, -0.05) is 38.1 Å². The molecule has 33 nitrogen and oxygen atoms in total. The van der Waals surface area contributed by atoms with Crippen LogP contribution in [-0.2, 0) is 70.3 Å². The van der Waals surface area contributed by atoms with Gasteiger partial charge in [0, 0.05) is 55.7 Å². The van der Waals surface area contributed by atoms with Crippen molar-refractivity contribution in [1.29, 1.82) is 0 Å². The van der Waals surface area contributed by atoms with Gasteiger partial charge in [-0.25, -0.2) is 0 Å². The third kappa shape index (κ3) is 18.4. The molecule has 1 fully saturated rings. The zero-order chi connectivity index (χ0) is 71.2. The Morgan fingerprint density at radius 2 is 1.26 bits per heavy atom. The first kappa shape index (κ1) is 75.8. The average molecular weight is 1350 g/mol. The molecule has 2 aliphatic carbocycles. The quantitative estimate of drug-likeness (QED) is 0.0205. The fourth-order valence-corrected chi connectivity index (χ4v) is 11.5. The standard InChI is InChI=1S/C63H84N10O23/c1-27(2)19-38(59(89)69-37-21-46(95-29(4)51(37)81)96-43-23-63(93,44(79)26-76)22-34-48(43)55(85)50-49(53(34)83)52(82)33-9-7-11-42(94-6)47(33)54(50)84)70-62(92)41(25-75)73-58(88)36(16-17-45(65)80)68-60(90)39(20-31-12-14-32(78)15-13-31)71-61(91)40(24-74)72-56(86)28(3)66-57(87)35(10-8-18-64)67-30(5)77/h7,9,11-15,27-29,35-41,43,46,51,74-76,78,81,83,85,93H,8,10,16-26,64H2,1-6H3,(H2,65,80)(H,66,87)(H,67,77)(H,68,90)(H,69,89)(H,70,92)(H,71,91)(H,72,86)(H,73,88)/t28-,29-,35-,36-,37-,38-,39-,40-,41-,43-,46-,51+,63-/m0/s1. The minimum Gasteiger partial charge on any atom is -0.508 e. The van der Waals surface area contributed by atoms with Crippen LogP contribution in [0.4, 0.5) is 0 Å². The number of carbonyl (C=O) groups excluding carboxylic acids is 12. The zero-order valence-corrected chi connectivity index (χ0v) is 53.6. The number of benzene rings is 3. The Morgan fingerprint density at radius 3 is 1.84 bits per heavy atom. The lowest BCUT2D eigenvalue weighted by molar-refractivity contribution is -0.249. The van der Waals surface area contributed by atoms with Gasteiger partial charge in [-0.2, -0.15) is 0 Å². The van der Waals surface area contributed by atoms with Crippen LogP contribution in [0.3, 0.4) is 0 Å². The number of aliphatic hydroxyl groups excluding tert-OH is 4. The van der Waals surface area contributed by atoms with Crippen molar-refractivity contribution in [2.75, 3.05) is 33.5 Å². The summed E-state index contributed by atoms with van der Waals surface area (Å²) < 4.78 is 17.6. The Balaban J connectivity index is 1.18. The van der Waals surface area contributed by atoms with Crippen molar-refractivity contribution in [3.63, 3.8) is 0 Å². The summed E-state index contributed by atoms with van der Waals surface area (Å²) in [4.78, 5) is 162. The zero-order valence-electron chi connectivity index (χ0n) is 53.6. The summed E-state index contributed by atoms with van der Waals surface area (Å²) in [5, 5.41) is 107. The molecule has 0 saturated carbocycles. The molecule has 1 saturated heterocycles. The Morgan fingerprint density at radius 1 is 0.698 bits per heavy atom. The van der Waals surface area contributed by atoms with Crippen LogP contribution in [0.1, 0.15) is 134 Å². The van der Waals surface area contributed by atoms with Gasteiger partial charge in [-0.15, -0.1) is 0 Å². The number of fused-ring (bicyclic) bond motifs is 3. The van der Waals surface area contributed by atoms with E-state index < -0.39 is 224 Å². The van der Waals surface area contributed by atoms with Crippen molar-refractivity contribution in [1.82, 2.24) is 42.5 Å². The number of phenolic OH excluding ortho intramolecular Hbond substituents is 3. The summed E-state index contributed by atoms with van der Waals surface area (Å²) in [5.74, 6) is -14.1. The Kier molecular flexibility index (Phi) is 26.4. The van der Waals surface area contributed by atoms with Crippen LogP contribution in [0.25, 0.3) is 0 Å². The van der Waals surface area contributed by atoms with Crippen LogP contribution in [0.2, 0.25) is 0 Å². The lowest BCUT2D eigenvalue weighted by atomic mass is 9.72. The Labute approximate surface area is 550 Å². The van der Waals surface area contributed by atoms with Gasteiger partial charge < -0.3 is 109 Å². The van der Waals surface area contributed by atoms with Gasteiger partial charge >= 0.3 is 0 Å². The molecular weight excluding hydrogens is 1260 g/mol. The van der Waals surface area contributed by atoms with Crippen LogP contribution in [0.5, 0.6) is 23.0 Å². The number of aliphatic hydroxyl groups is 5. The molecule has 0 radical (unpaired) electrons. The van der Waals surface area contributed by atoms with Gasteiger partial charge in [0.2, 0.25) is 58.9 Å². The second-order valence-corrected chi connectivity index (χ2v) is 24.2. The van der Waals surface area contributed by atoms with E-state index >= 15 is 0 Å². The van der Waals surface area contributed by atoms with E-state index in [0.29, 0.717) is 12.0 Å². The van der Waals surface area contributed by atoms with E-state index in [1.54, 1.807) is 13.8 Å². The number of ether oxygens (including phenoxy) is 3. The van der Waals surface area contributed by atoms with Crippen LogP contribution < -0.4 is 58.7 Å². The molecule has 3 aliphatic rings. The van der Waals surface area contributed by atoms with E-state index in [1.165, 1.54) is 70.3 Å². The first-order chi connectivity index (χ1) is 45.3. The number of hydrogen-bond donors (Lipinski definition) is 18. The molecule has 0 bridgehead atoms. The maximum atomic E-state index is 14.4. The molecule has 1 heterocycles. The van der Waals surface area contributed by atoms with Gasteiger partial charge in [0.15, 0.2) is 17.9 Å². The highest BCUT2D eigenvalue weighted by Crippen LogP contribution is 2.52. The fraction of sp³-hybridized carbons (Fsp3) is 0.524. The Hall–Kier alpha value is -9.22. The third-order valence-electron chi connectivity index (χ3n) is 16.5. The summed E-state index contributed by atoms with van der Waals surface area (Å²) in [5.41, 5.74) is 6.39. The Bertz CT molecular complexity index is 3440. The molecule has 0 spiro atoms. The lowest BCUT2D eigenvalue weighted by Gasteiger charge is -2.43. The summed E-state index contributed by atoms with van der Waals surface area (Å²) in [7, 11) is 1.25.